The Kier molecular flexibility index (Phi) is 4.33. The van der Waals surface area contributed by atoms with Gasteiger partial charge in [-0.1, -0.05) is 18.2 Å². The molecular formula is C25H25N3O5. The molecule has 33 heavy (non-hydrogen) atoms. The molecule has 3 aliphatic rings. The van der Waals surface area contributed by atoms with Gasteiger partial charge in [0.15, 0.2) is 11.5 Å². The van der Waals surface area contributed by atoms with Crippen LogP contribution in [0.2, 0.25) is 0 Å². The number of hydrogen-bond donors (Lipinski definition) is 2. The van der Waals surface area contributed by atoms with Crippen LogP contribution >= 0.6 is 0 Å². The van der Waals surface area contributed by atoms with Crippen LogP contribution in [0, 0.1) is 0 Å². The van der Waals surface area contributed by atoms with Crippen molar-refractivity contribution in [3.05, 3.63) is 53.2 Å². The average molecular weight is 447 g/mol. The van der Waals surface area contributed by atoms with Crippen molar-refractivity contribution in [2.75, 3.05) is 20.8 Å². The highest BCUT2D eigenvalue weighted by atomic mass is 16.5. The first kappa shape index (κ1) is 20.0. The van der Waals surface area contributed by atoms with Crippen LogP contribution in [0.3, 0.4) is 0 Å². The third-order valence-corrected chi connectivity index (χ3v) is 7.31. The molecule has 0 bridgehead atoms. The van der Waals surface area contributed by atoms with Crippen molar-refractivity contribution in [1.82, 2.24) is 14.8 Å². The predicted molar refractivity (Wildman–Crippen MR) is 120 cm³/mol. The summed E-state index contributed by atoms with van der Waals surface area (Å²) in [6, 6.07) is 9.91. The van der Waals surface area contributed by atoms with Crippen LogP contribution in [0.4, 0.5) is 0 Å². The fourth-order valence-electron chi connectivity index (χ4n) is 5.82. The van der Waals surface area contributed by atoms with E-state index in [-0.39, 0.29) is 29.1 Å². The Morgan fingerprint density at radius 2 is 1.76 bits per heavy atom. The standard InChI is InChI=1S/C25H25N3O5/c1-32-19-10-13(11-20(33-2)23(19)29)22-21-15(14-6-3-4-7-16(14)26-21)12-18-24(30)27-9-5-8-17(27)25(31)28(18)22/h3-4,6-7,10-11,17-18,22,26,29H,5,8-9,12H2,1-2H3/t17-,18-,22-/m0/s1. The lowest BCUT2D eigenvalue weighted by atomic mass is 9.85. The highest BCUT2D eigenvalue weighted by Crippen LogP contribution is 2.47. The van der Waals surface area contributed by atoms with Gasteiger partial charge in [0.1, 0.15) is 12.1 Å². The van der Waals surface area contributed by atoms with E-state index in [1.165, 1.54) is 14.2 Å². The molecule has 6 rings (SSSR count). The highest BCUT2D eigenvalue weighted by Gasteiger charge is 2.53. The molecule has 3 aliphatic heterocycles. The van der Waals surface area contributed by atoms with Crippen molar-refractivity contribution >= 4 is 22.7 Å². The number of aromatic nitrogens is 1. The van der Waals surface area contributed by atoms with E-state index in [2.05, 4.69) is 4.98 Å². The smallest absolute Gasteiger partial charge is 0.246 e. The van der Waals surface area contributed by atoms with Gasteiger partial charge in [-0.2, -0.15) is 0 Å². The lowest BCUT2D eigenvalue weighted by Crippen LogP contribution is -2.65. The van der Waals surface area contributed by atoms with Crippen molar-refractivity contribution in [1.29, 1.82) is 0 Å². The third kappa shape index (κ3) is 2.70. The number of rotatable bonds is 3. The number of aromatic hydroxyl groups is 1. The molecule has 2 aromatic carbocycles. The summed E-state index contributed by atoms with van der Waals surface area (Å²) in [6.07, 6.45) is 1.99. The Bertz CT molecular complexity index is 1270. The van der Waals surface area contributed by atoms with Gasteiger partial charge in [-0.3, -0.25) is 9.59 Å². The van der Waals surface area contributed by atoms with E-state index in [4.69, 9.17) is 9.47 Å². The van der Waals surface area contributed by atoms with Gasteiger partial charge in [-0.15, -0.1) is 0 Å². The molecule has 0 unspecified atom stereocenters. The van der Waals surface area contributed by atoms with Crippen molar-refractivity contribution < 1.29 is 24.2 Å². The summed E-state index contributed by atoms with van der Waals surface area (Å²) in [5.74, 6) is 0.383. The zero-order valence-electron chi connectivity index (χ0n) is 18.5. The molecule has 2 N–H and O–H groups in total. The molecule has 0 spiro atoms. The van der Waals surface area contributed by atoms with Gasteiger partial charge in [0.05, 0.1) is 20.3 Å². The number of fused-ring (bicyclic) bond motifs is 5. The molecule has 1 aromatic heterocycles. The minimum atomic E-state index is -0.575. The number of H-pyrrole nitrogens is 1. The first-order chi connectivity index (χ1) is 16.0. The fourth-order valence-corrected chi connectivity index (χ4v) is 5.82. The number of ether oxygens (including phenoxy) is 2. The van der Waals surface area contributed by atoms with E-state index in [9.17, 15) is 14.7 Å². The van der Waals surface area contributed by atoms with Crippen LogP contribution in [0.5, 0.6) is 17.2 Å². The van der Waals surface area contributed by atoms with Crippen molar-refractivity contribution in [2.45, 2.75) is 37.4 Å². The quantitative estimate of drug-likeness (QED) is 0.644. The Hall–Kier alpha value is -3.68. The van der Waals surface area contributed by atoms with E-state index >= 15 is 0 Å². The monoisotopic (exact) mass is 447 g/mol. The number of methoxy groups -OCH3 is 2. The average Bonchev–Trinajstić information content (AvgIpc) is 3.47. The summed E-state index contributed by atoms with van der Waals surface area (Å²) in [6.45, 7) is 0.631. The molecule has 0 saturated carbocycles. The van der Waals surface area contributed by atoms with Crippen molar-refractivity contribution in [2.24, 2.45) is 0 Å². The highest BCUT2D eigenvalue weighted by molar-refractivity contribution is 5.99. The number of para-hydroxylation sites is 1. The SMILES string of the molecule is COc1cc([C@H]2c3[nH]c4ccccc4c3C[C@H]3C(=O)N4CCC[C@H]4C(=O)N23)cc(OC)c1O. The molecule has 2 fully saturated rings. The van der Waals surface area contributed by atoms with Crippen LogP contribution in [-0.2, 0) is 16.0 Å². The van der Waals surface area contributed by atoms with Crippen LogP contribution in [0.25, 0.3) is 10.9 Å². The van der Waals surface area contributed by atoms with Crippen LogP contribution in [0.1, 0.15) is 35.7 Å². The first-order valence-corrected chi connectivity index (χ1v) is 11.2. The summed E-state index contributed by atoms with van der Waals surface area (Å²) in [7, 11) is 2.95. The summed E-state index contributed by atoms with van der Waals surface area (Å²) in [4.78, 5) is 34.4. The van der Waals surface area contributed by atoms with Gasteiger partial charge in [-0.25, -0.2) is 0 Å². The van der Waals surface area contributed by atoms with Gasteiger partial charge in [0.25, 0.3) is 0 Å². The Morgan fingerprint density at radius 3 is 2.48 bits per heavy atom. The Morgan fingerprint density at radius 1 is 1.03 bits per heavy atom. The zero-order valence-corrected chi connectivity index (χ0v) is 18.5. The van der Waals surface area contributed by atoms with Crippen molar-refractivity contribution in [3.63, 3.8) is 0 Å². The minimum absolute atomic E-state index is 0.00994. The lowest BCUT2D eigenvalue weighted by Gasteiger charge is -2.48. The fraction of sp³-hybridized carbons (Fsp3) is 0.360. The largest absolute Gasteiger partial charge is 0.502 e. The van der Waals surface area contributed by atoms with E-state index in [1.54, 1.807) is 21.9 Å². The van der Waals surface area contributed by atoms with E-state index in [0.717, 1.165) is 28.6 Å². The number of piperazine rings is 1. The van der Waals surface area contributed by atoms with Crippen LogP contribution < -0.4 is 9.47 Å². The molecule has 0 radical (unpaired) electrons. The summed E-state index contributed by atoms with van der Waals surface area (Å²) in [5.41, 5.74) is 3.61. The van der Waals surface area contributed by atoms with E-state index in [0.29, 0.717) is 24.9 Å². The number of phenolic OH excluding ortho intramolecular Hbond substituents is 1. The Balaban J connectivity index is 1.61. The normalized spacial score (nSPS) is 24.0. The first-order valence-electron chi connectivity index (χ1n) is 11.2. The number of carbonyl (C=O) groups excluding carboxylic acids is 2. The molecule has 4 heterocycles. The maximum Gasteiger partial charge on any atom is 0.246 e. The van der Waals surface area contributed by atoms with Crippen molar-refractivity contribution in [3.8, 4) is 17.2 Å². The maximum absolute atomic E-state index is 13.8. The number of hydrogen-bond acceptors (Lipinski definition) is 5. The van der Waals surface area contributed by atoms with E-state index in [1.807, 2.05) is 24.3 Å². The van der Waals surface area contributed by atoms with Gasteiger partial charge in [0.2, 0.25) is 17.6 Å². The van der Waals surface area contributed by atoms with Gasteiger partial charge < -0.3 is 29.4 Å². The van der Waals surface area contributed by atoms with Crippen LogP contribution in [-0.4, -0.2) is 64.6 Å². The number of aromatic amines is 1. The number of nitrogens with one attached hydrogen (secondary N) is 1. The van der Waals surface area contributed by atoms with Gasteiger partial charge >= 0.3 is 0 Å². The molecule has 0 aliphatic carbocycles. The zero-order chi connectivity index (χ0) is 22.9. The summed E-state index contributed by atoms with van der Waals surface area (Å²) in [5, 5.41) is 11.5. The second-order valence-electron chi connectivity index (χ2n) is 8.89. The molecule has 3 aromatic rings. The van der Waals surface area contributed by atoms with Gasteiger partial charge in [-0.05, 0) is 42.2 Å². The van der Waals surface area contributed by atoms with E-state index < -0.39 is 18.1 Å². The number of nitrogens with zero attached hydrogens (tertiary/aromatic N) is 2. The van der Waals surface area contributed by atoms with Gasteiger partial charge in [0, 0.05) is 29.6 Å². The molecule has 8 heteroatoms. The predicted octanol–water partition coefficient (Wildman–Crippen LogP) is 2.74. The molecule has 2 saturated heterocycles. The van der Waals surface area contributed by atoms with Crippen LogP contribution in [0.15, 0.2) is 36.4 Å². The number of carbonyl (C=O) groups is 2. The minimum Gasteiger partial charge on any atom is -0.502 e. The second kappa shape index (κ2) is 7.16. The molecule has 2 amide bonds. The number of benzene rings is 2. The number of amides is 2. The molecule has 170 valence electrons. The lowest BCUT2D eigenvalue weighted by molar-refractivity contribution is -0.162. The molecule has 3 atom stereocenters. The molecule has 8 nitrogen and oxygen atoms in total. The summed E-state index contributed by atoms with van der Waals surface area (Å²) >= 11 is 0. The maximum atomic E-state index is 13.8. The number of phenols is 1. The topological polar surface area (TPSA) is 95.1 Å². The summed E-state index contributed by atoms with van der Waals surface area (Å²) < 4.78 is 10.8. The molecular weight excluding hydrogens is 422 g/mol. The second-order valence-corrected chi connectivity index (χ2v) is 8.89. The Labute approximate surface area is 190 Å². The third-order valence-electron chi connectivity index (χ3n) is 7.31.